The molecule has 1 fully saturated rings. The van der Waals surface area contributed by atoms with Gasteiger partial charge >= 0.3 is 6.36 Å². The van der Waals surface area contributed by atoms with Crippen LogP contribution < -0.4 is 19.5 Å². The molecule has 1 aliphatic carbocycles. The van der Waals surface area contributed by atoms with Crippen LogP contribution in [0, 0.1) is 5.92 Å². The van der Waals surface area contributed by atoms with Gasteiger partial charge in [0.15, 0.2) is 0 Å². The first-order valence-corrected chi connectivity index (χ1v) is 12.5. The van der Waals surface area contributed by atoms with E-state index in [1.165, 1.54) is 30.3 Å². The van der Waals surface area contributed by atoms with E-state index in [4.69, 9.17) is 9.47 Å². The predicted molar refractivity (Wildman–Crippen MR) is 123 cm³/mol. The second-order valence-corrected chi connectivity index (χ2v) is 9.63. The zero-order chi connectivity index (χ0) is 25.6. The highest BCUT2D eigenvalue weighted by Gasteiger charge is 2.31. The summed E-state index contributed by atoms with van der Waals surface area (Å²) in [4.78, 5) is 12.4. The van der Waals surface area contributed by atoms with Gasteiger partial charge < -0.3 is 19.5 Å². The van der Waals surface area contributed by atoms with Crippen molar-refractivity contribution in [2.75, 3.05) is 23.8 Å². The van der Waals surface area contributed by atoms with Gasteiger partial charge in [-0.2, -0.15) is 0 Å². The molecule has 12 heteroatoms. The quantitative estimate of drug-likeness (QED) is 0.490. The lowest BCUT2D eigenvalue weighted by atomic mass is 9.87. The largest absolute Gasteiger partial charge is 0.573 e. The summed E-state index contributed by atoms with van der Waals surface area (Å²) < 4.78 is 80.3. The van der Waals surface area contributed by atoms with Crippen molar-refractivity contribution in [3.05, 3.63) is 42.5 Å². The van der Waals surface area contributed by atoms with Crippen molar-refractivity contribution in [1.29, 1.82) is 0 Å². The number of carbonyl (C=O) groups excluding carboxylic acids is 1. The molecule has 2 aromatic rings. The van der Waals surface area contributed by atoms with E-state index >= 15 is 0 Å². The number of hydrogen-bond acceptors (Lipinski definition) is 6. The molecule has 192 valence electrons. The number of benzene rings is 2. The molecule has 35 heavy (non-hydrogen) atoms. The normalized spacial score (nSPS) is 18.5. The lowest BCUT2D eigenvalue weighted by Crippen LogP contribution is -2.29. The van der Waals surface area contributed by atoms with E-state index in [9.17, 15) is 26.4 Å². The van der Waals surface area contributed by atoms with Gasteiger partial charge in [-0.15, -0.1) is 13.2 Å². The number of methoxy groups -OCH3 is 1. The maximum absolute atomic E-state index is 13.0. The van der Waals surface area contributed by atoms with Gasteiger partial charge in [-0.1, -0.05) is 6.07 Å². The van der Waals surface area contributed by atoms with Gasteiger partial charge in [0.25, 0.3) is 10.0 Å². The average Bonchev–Trinajstić information content (AvgIpc) is 2.78. The molecule has 0 saturated heterocycles. The molecule has 1 saturated carbocycles. The number of amides is 1. The minimum absolute atomic E-state index is 0.0106. The standard InChI is InChI=1S/C23H27F3N2O6S/c1-3-33-20-14-16(27-22(29)15-7-10-18(32-2)11-8-15)9-12-21(20)35(30,31)28-17-5-4-6-19(13-17)34-23(24,25)26/h4-6,9,12-15,18,28H,3,7-8,10-11H2,1-2H3,(H,27,29). The fraction of sp³-hybridized carbons (Fsp3) is 0.435. The number of sulfonamides is 1. The van der Waals surface area contributed by atoms with Crippen LogP contribution in [-0.2, 0) is 19.6 Å². The topological polar surface area (TPSA) is 103 Å². The van der Waals surface area contributed by atoms with Gasteiger partial charge in [0.05, 0.1) is 18.4 Å². The molecule has 2 N–H and O–H groups in total. The van der Waals surface area contributed by atoms with Crippen molar-refractivity contribution in [2.24, 2.45) is 5.92 Å². The number of anilines is 2. The Hall–Kier alpha value is -2.99. The number of carbonyl (C=O) groups is 1. The first-order chi connectivity index (χ1) is 16.5. The molecule has 0 aliphatic heterocycles. The summed E-state index contributed by atoms with van der Waals surface area (Å²) in [6, 6.07) is 8.57. The van der Waals surface area contributed by atoms with Crippen molar-refractivity contribution in [2.45, 2.75) is 50.0 Å². The zero-order valence-corrected chi connectivity index (χ0v) is 20.0. The zero-order valence-electron chi connectivity index (χ0n) is 19.2. The molecule has 3 rings (SSSR count). The van der Waals surface area contributed by atoms with Gasteiger partial charge in [-0.05, 0) is 56.9 Å². The lowest BCUT2D eigenvalue weighted by Gasteiger charge is -2.26. The van der Waals surface area contributed by atoms with E-state index in [1.54, 1.807) is 14.0 Å². The van der Waals surface area contributed by atoms with Gasteiger partial charge in [-0.25, -0.2) is 8.42 Å². The van der Waals surface area contributed by atoms with E-state index in [1.807, 2.05) is 0 Å². The SMILES string of the molecule is CCOc1cc(NC(=O)C2CCC(OC)CC2)ccc1S(=O)(=O)Nc1cccc(OC(F)(F)F)c1. The Morgan fingerprint density at radius 1 is 1.06 bits per heavy atom. The van der Waals surface area contributed by atoms with E-state index in [0.29, 0.717) is 18.5 Å². The second-order valence-electron chi connectivity index (χ2n) is 7.97. The summed E-state index contributed by atoms with van der Waals surface area (Å²) in [6.45, 7) is 1.82. The third kappa shape index (κ3) is 7.49. The minimum Gasteiger partial charge on any atom is -0.492 e. The third-order valence-electron chi connectivity index (χ3n) is 5.50. The summed E-state index contributed by atoms with van der Waals surface area (Å²) >= 11 is 0. The molecule has 8 nitrogen and oxygen atoms in total. The summed E-state index contributed by atoms with van der Waals surface area (Å²) in [5.74, 6) is -0.922. The van der Waals surface area contributed by atoms with E-state index in [-0.39, 0.29) is 40.9 Å². The first kappa shape index (κ1) is 26.6. The fourth-order valence-corrected chi connectivity index (χ4v) is 5.03. The van der Waals surface area contributed by atoms with E-state index in [2.05, 4.69) is 14.8 Å². The molecule has 0 bridgehead atoms. The van der Waals surface area contributed by atoms with Crippen LogP contribution in [0.1, 0.15) is 32.6 Å². The van der Waals surface area contributed by atoms with Crippen LogP contribution in [0.25, 0.3) is 0 Å². The van der Waals surface area contributed by atoms with Crippen LogP contribution in [0.15, 0.2) is 47.4 Å². The molecule has 0 spiro atoms. The molecule has 0 aromatic heterocycles. The maximum atomic E-state index is 13.0. The highest BCUT2D eigenvalue weighted by atomic mass is 32.2. The lowest BCUT2D eigenvalue weighted by molar-refractivity contribution is -0.274. The number of rotatable bonds is 9. The van der Waals surface area contributed by atoms with Gasteiger partial charge in [0, 0.05) is 30.8 Å². The highest BCUT2D eigenvalue weighted by molar-refractivity contribution is 7.92. The first-order valence-electron chi connectivity index (χ1n) is 11.0. The summed E-state index contributed by atoms with van der Waals surface area (Å²) in [5, 5.41) is 2.80. The van der Waals surface area contributed by atoms with Crippen LogP contribution in [0.4, 0.5) is 24.5 Å². The number of hydrogen-bond donors (Lipinski definition) is 2. The molecule has 0 atom stereocenters. The average molecular weight is 517 g/mol. The molecule has 0 unspecified atom stereocenters. The summed E-state index contributed by atoms with van der Waals surface area (Å²) in [6.07, 6.45) is -1.80. The molecule has 2 aromatic carbocycles. The van der Waals surface area contributed by atoms with Crippen LogP contribution in [-0.4, -0.2) is 40.5 Å². The second kappa shape index (κ2) is 11.2. The van der Waals surface area contributed by atoms with Gasteiger partial charge in [0.1, 0.15) is 16.4 Å². The van der Waals surface area contributed by atoms with Crippen LogP contribution in [0.5, 0.6) is 11.5 Å². The Morgan fingerprint density at radius 2 is 1.77 bits per heavy atom. The van der Waals surface area contributed by atoms with E-state index in [0.717, 1.165) is 25.0 Å². The van der Waals surface area contributed by atoms with Crippen molar-refractivity contribution in [3.8, 4) is 11.5 Å². The van der Waals surface area contributed by atoms with Crippen LogP contribution in [0.2, 0.25) is 0 Å². The monoisotopic (exact) mass is 516 g/mol. The fourth-order valence-electron chi connectivity index (χ4n) is 3.85. The Bertz CT molecular complexity index is 1130. The van der Waals surface area contributed by atoms with Gasteiger partial charge in [-0.3, -0.25) is 9.52 Å². The Kier molecular flexibility index (Phi) is 8.49. The summed E-state index contributed by atoms with van der Waals surface area (Å²) in [5.41, 5.74) is 0.241. The maximum Gasteiger partial charge on any atom is 0.573 e. The molecule has 0 heterocycles. The van der Waals surface area contributed by atoms with E-state index < -0.39 is 22.1 Å². The molecular weight excluding hydrogens is 489 g/mol. The summed E-state index contributed by atoms with van der Waals surface area (Å²) in [7, 11) is -2.59. The van der Waals surface area contributed by atoms with Crippen molar-refractivity contribution < 1.29 is 40.6 Å². The van der Waals surface area contributed by atoms with Gasteiger partial charge in [0.2, 0.25) is 5.91 Å². The molecule has 0 radical (unpaired) electrons. The molecular formula is C23H27F3N2O6S. The number of nitrogens with one attached hydrogen (secondary N) is 2. The minimum atomic E-state index is -4.91. The third-order valence-corrected chi connectivity index (χ3v) is 6.92. The van der Waals surface area contributed by atoms with Crippen molar-refractivity contribution in [3.63, 3.8) is 0 Å². The molecule has 1 amide bonds. The van der Waals surface area contributed by atoms with Crippen molar-refractivity contribution in [1.82, 2.24) is 0 Å². The predicted octanol–water partition coefficient (Wildman–Crippen LogP) is 4.93. The van der Waals surface area contributed by atoms with Crippen LogP contribution in [0.3, 0.4) is 0 Å². The van der Waals surface area contributed by atoms with Crippen LogP contribution >= 0.6 is 0 Å². The number of ether oxygens (including phenoxy) is 3. The number of halogens is 3. The highest BCUT2D eigenvalue weighted by Crippen LogP contribution is 2.32. The Morgan fingerprint density at radius 3 is 2.40 bits per heavy atom. The van der Waals surface area contributed by atoms with Crippen molar-refractivity contribution >= 4 is 27.3 Å². The Balaban J connectivity index is 1.76. The molecule has 1 aliphatic rings. The smallest absolute Gasteiger partial charge is 0.492 e. The number of alkyl halides is 3. The Labute approximate surface area is 201 Å².